The first-order valence-electron chi connectivity index (χ1n) is 7.26. The highest BCUT2D eigenvalue weighted by molar-refractivity contribution is 14.0. The number of aromatic nitrogens is 2. The number of nitrogens with one attached hydrogen (secondary N) is 1. The van der Waals surface area contributed by atoms with Gasteiger partial charge in [0.05, 0.1) is 17.9 Å². The summed E-state index contributed by atoms with van der Waals surface area (Å²) in [4.78, 5) is 6.61. The van der Waals surface area contributed by atoms with Crippen LogP contribution in [0.25, 0.3) is 5.69 Å². The van der Waals surface area contributed by atoms with Crippen LogP contribution in [0.5, 0.6) is 0 Å². The maximum Gasteiger partial charge on any atom is 0.194 e. The molecule has 0 radical (unpaired) electrons. The first-order chi connectivity index (χ1) is 10.1. The molecular weight excluding hydrogens is 389 g/mol. The number of guanidine groups is 1. The van der Waals surface area contributed by atoms with Gasteiger partial charge in [-0.1, -0.05) is 18.2 Å². The minimum atomic E-state index is 0. The summed E-state index contributed by atoms with van der Waals surface area (Å²) in [6.07, 6.45) is 0. The summed E-state index contributed by atoms with van der Waals surface area (Å²) in [5.74, 6) is 0.971. The number of aliphatic imine (C=N–C) groups is 1. The molecule has 1 aromatic heterocycles. The predicted molar refractivity (Wildman–Crippen MR) is 100 cm³/mol. The maximum atomic E-state index is 4.58. The van der Waals surface area contributed by atoms with E-state index in [-0.39, 0.29) is 24.0 Å². The van der Waals surface area contributed by atoms with Crippen LogP contribution in [-0.2, 0) is 6.54 Å². The second-order valence-electron chi connectivity index (χ2n) is 5.45. The van der Waals surface area contributed by atoms with Crippen LogP contribution >= 0.6 is 24.0 Å². The van der Waals surface area contributed by atoms with Crippen LogP contribution in [0.4, 0.5) is 0 Å². The average molecular weight is 411 g/mol. The lowest BCUT2D eigenvalue weighted by Crippen LogP contribution is -2.35. The zero-order valence-electron chi connectivity index (χ0n) is 13.2. The number of aryl methyl sites for hydroxylation is 2. The number of rotatable bonds is 3. The fourth-order valence-corrected chi connectivity index (χ4v) is 2.64. The van der Waals surface area contributed by atoms with Crippen LogP contribution in [0, 0.1) is 13.8 Å². The molecule has 6 heteroatoms. The molecule has 1 aliphatic rings. The highest BCUT2D eigenvalue weighted by Crippen LogP contribution is 2.17. The summed E-state index contributed by atoms with van der Waals surface area (Å²) >= 11 is 0. The molecule has 22 heavy (non-hydrogen) atoms. The smallest absolute Gasteiger partial charge is 0.194 e. The molecule has 0 unspecified atom stereocenters. The van der Waals surface area contributed by atoms with E-state index in [9.17, 15) is 0 Å². The van der Waals surface area contributed by atoms with E-state index < -0.39 is 0 Å². The molecule has 1 N–H and O–H groups in total. The average Bonchev–Trinajstić information content (AvgIpc) is 3.02. The van der Waals surface area contributed by atoms with Crippen LogP contribution in [0.1, 0.15) is 17.0 Å². The molecule has 0 saturated heterocycles. The number of benzene rings is 1. The van der Waals surface area contributed by atoms with E-state index in [0.717, 1.165) is 42.7 Å². The normalized spacial score (nSPS) is 13.8. The van der Waals surface area contributed by atoms with Crippen LogP contribution in [0.15, 0.2) is 35.3 Å². The molecule has 0 atom stereocenters. The Balaban J connectivity index is 0.00000176. The van der Waals surface area contributed by atoms with Crippen molar-refractivity contribution in [2.24, 2.45) is 4.99 Å². The Morgan fingerprint density at radius 1 is 1.23 bits per heavy atom. The van der Waals surface area contributed by atoms with Crippen molar-refractivity contribution < 1.29 is 0 Å². The second-order valence-corrected chi connectivity index (χ2v) is 5.45. The zero-order chi connectivity index (χ0) is 14.8. The number of halogens is 1. The topological polar surface area (TPSA) is 45.5 Å². The third-order valence-electron chi connectivity index (χ3n) is 3.72. The number of likely N-dealkylation sites (N-methyl/N-ethyl adjacent to an activating group) is 1. The summed E-state index contributed by atoms with van der Waals surface area (Å²) in [7, 11) is 2.06. The van der Waals surface area contributed by atoms with Gasteiger partial charge in [0.2, 0.25) is 0 Å². The van der Waals surface area contributed by atoms with Gasteiger partial charge < -0.3 is 10.2 Å². The fraction of sp³-hybridized carbons (Fsp3) is 0.375. The number of hydrogen-bond donors (Lipinski definition) is 1. The Hall–Kier alpha value is -1.57. The minimum Gasteiger partial charge on any atom is -0.352 e. The lowest BCUT2D eigenvalue weighted by atomic mass is 10.1. The van der Waals surface area contributed by atoms with Crippen LogP contribution in [0.3, 0.4) is 0 Å². The number of para-hydroxylation sites is 1. The second kappa shape index (κ2) is 7.13. The molecule has 2 aromatic rings. The van der Waals surface area contributed by atoms with Crippen molar-refractivity contribution in [1.29, 1.82) is 0 Å². The molecule has 0 bridgehead atoms. The lowest BCUT2D eigenvalue weighted by Gasteiger charge is -2.17. The SMILES string of the molecule is Cc1cc(C)n(-c2ccccc2CNC2=NCCN2C)n1.I. The quantitative estimate of drug-likeness (QED) is 0.790. The van der Waals surface area contributed by atoms with E-state index in [2.05, 4.69) is 64.6 Å². The largest absolute Gasteiger partial charge is 0.352 e. The van der Waals surface area contributed by atoms with Gasteiger partial charge in [-0.25, -0.2) is 4.68 Å². The Morgan fingerprint density at radius 3 is 2.64 bits per heavy atom. The molecule has 0 amide bonds. The van der Waals surface area contributed by atoms with Crippen molar-refractivity contribution in [3.63, 3.8) is 0 Å². The van der Waals surface area contributed by atoms with Crippen molar-refractivity contribution >= 4 is 29.9 Å². The fourth-order valence-electron chi connectivity index (χ4n) is 2.64. The van der Waals surface area contributed by atoms with Gasteiger partial charge in [-0.2, -0.15) is 5.10 Å². The monoisotopic (exact) mass is 411 g/mol. The third-order valence-corrected chi connectivity index (χ3v) is 3.72. The minimum absolute atomic E-state index is 0. The number of hydrogen-bond acceptors (Lipinski definition) is 4. The van der Waals surface area contributed by atoms with Crippen LogP contribution in [-0.4, -0.2) is 40.8 Å². The standard InChI is InChI=1S/C16H21N5.HI/c1-12-10-13(2)21(19-12)15-7-5-4-6-14(15)11-18-16-17-8-9-20(16)3;/h4-7,10H,8-9,11H2,1-3H3,(H,17,18);1H. The first kappa shape index (κ1) is 16.8. The molecule has 2 heterocycles. The van der Waals surface area contributed by atoms with Gasteiger partial charge in [0.15, 0.2) is 5.96 Å². The maximum absolute atomic E-state index is 4.58. The van der Waals surface area contributed by atoms with Gasteiger partial charge in [-0.15, -0.1) is 24.0 Å². The molecular formula is C16H22IN5. The zero-order valence-corrected chi connectivity index (χ0v) is 15.5. The first-order valence-corrected chi connectivity index (χ1v) is 7.26. The van der Waals surface area contributed by atoms with Gasteiger partial charge in [-0.05, 0) is 31.5 Å². The molecule has 0 aliphatic carbocycles. The van der Waals surface area contributed by atoms with Gasteiger partial charge in [0.1, 0.15) is 0 Å². The molecule has 0 spiro atoms. The van der Waals surface area contributed by atoms with Crippen molar-refractivity contribution in [3.05, 3.63) is 47.3 Å². The molecule has 0 saturated carbocycles. The lowest BCUT2D eigenvalue weighted by molar-refractivity contribution is 0.533. The van der Waals surface area contributed by atoms with Gasteiger partial charge >= 0.3 is 0 Å². The molecule has 1 aromatic carbocycles. The van der Waals surface area contributed by atoms with Gasteiger partial charge in [0.25, 0.3) is 0 Å². The molecule has 0 fully saturated rings. The summed E-state index contributed by atoms with van der Waals surface area (Å²) in [6.45, 7) is 6.71. The number of nitrogens with zero attached hydrogens (tertiary/aromatic N) is 4. The van der Waals surface area contributed by atoms with E-state index >= 15 is 0 Å². The summed E-state index contributed by atoms with van der Waals surface area (Å²) in [5.41, 5.74) is 4.52. The van der Waals surface area contributed by atoms with Gasteiger partial charge in [0, 0.05) is 25.8 Å². The molecule has 3 rings (SSSR count). The van der Waals surface area contributed by atoms with Crippen LogP contribution in [0.2, 0.25) is 0 Å². The van der Waals surface area contributed by atoms with Crippen molar-refractivity contribution in [1.82, 2.24) is 20.0 Å². The Labute approximate surface area is 148 Å². The summed E-state index contributed by atoms with van der Waals surface area (Å²) in [5, 5.41) is 8.00. The third kappa shape index (κ3) is 3.43. The van der Waals surface area contributed by atoms with E-state index in [1.54, 1.807) is 0 Å². The van der Waals surface area contributed by atoms with E-state index in [4.69, 9.17) is 0 Å². The Kier molecular flexibility index (Phi) is 5.44. The summed E-state index contributed by atoms with van der Waals surface area (Å²) in [6, 6.07) is 10.4. The van der Waals surface area contributed by atoms with E-state index in [0.29, 0.717) is 0 Å². The van der Waals surface area contributed by atoms with E-state index in [1.807, 2.05) is 11.6 Å². The highest BCUT2D eigenvalue weighted by Gasteiger charge is 2.13. The Morgan fingerprint density at radius 2 is 2.00 bits per heavy atom. The predicted octanol–water partition coefficient (Wildman–Crippen LogP) is 2.50. The Bertz CT molecular complexity index is 677. The summed E-state index contributed by atoms with van der Waals surface area (Å²) < 4.78 is 2.01. The van der Waals surface area contributed by atoms with Crippen molar-refractivity contribution in [2.75, 3.05) is 20.1 Å². The van der Waals surface area contributed by atoms with Gasteiger partial charge in [-0.3, -0.25) is 4.99 Å². The van der Waals surface area contributed by atoms with E-state index in [1.165, 1.54) is 5.56 Å². The van der Waals surface area contributed by atoms with Crippen LogP contribution < -0.4 is 5.32 Å². The van der Waals surface area contributed by atoms with Crippen molar-refractivity contribution in [3.8, 4) is 5.69 Å². The van der Waals surface area contributed by atoms with Crippen molar-refractivity contribution in [2.45, 2.75) is 20.4 Å². The molecule has 5 nitrogen and oxygen atoms in total. The highest BCUT2D eigenvalue weighted by atomic mass is 127. The molecule has 118 valence electrons. The molecule has 1 aliphatic heterocycles.